The number of allylic oxidation sites excluding steroid dienone is 1. The predicted molar refractivity (Wildman–Crippen MR) is 103 cm³/mol. The first-order valence-corrected chi connectivity index (χ1v) is 8.38. The molecule has 0 radical (unpaired) electrons. The fourth-order valence-electron chi connectivity index (χ4n) is 2.15. The van der Waals surface area contributed by atoms with Gasteiger partial charge in [0.25, 0.3) is 5.91 Å². The number of halogens is 1. The molecule has 1 amide bonds. The van der Waals surface area contributed by atoms with Gasteiger partial charge in [0.05, 0.1) is 11.9 Å². The first kappa shape index (κ1) is 16.9. The summed E-state index contributed by atoms with van der Waals surface area (Å²) in [5.41, 5.74) is 5.50. The zero-order valence-corrected chi connectivity index (χ0v) is 14.8. The number of hydrazone groups is 1. The van der Waals surface area contributed by atoms with Crippen LogP contribution in [0.2, 0.25) is 0 Å². The average molecular weight is 395 g/mol. The fraction of sp³-hybridized carbons (Fsp3) is 0. The minimum Gasteiger partial charge on any atom is -0.272 e. The number of amides is 1. The van der Waals surface area contributed by atoms with Crippen molar-refractivity contribution in [2.45, 2.75) is 0 Å². The minimum absolute atomic E-state index is 0.346. The summed E-state index contributed by atoms with van der Waals surface area (Å²) < 4.78 is 0.744. The molecule has 0 saturated carbocycles. The van der Waals surface area contributed by atoms with Crippen molar-refractivity contribution in [3.8, 4) is 11.3 Å². The Hall–Kier alpha value is -2.99. The molecule has 0 fully saturated rings. The molecule has 6 heteroatoms. The van der Waals surface area contributed by atoms with Crippen LogP contribution in [-0.4, -0.2) is 22.3 Å². The number of nitrogens with one attached hydrogen (secondary N) is 2. The molecule has 124 valence electrons. The lowest BCUT2D eigenvalue weighted by molar-refractivity contribution is 0.0950. The number of H-pyrrole nitrogens is 1. The second-order valence-electron chi connectivity index (χ2n) is 5.17. The van der Waals surface area contributed by atoms with Crippen LogP contribution in [0, 0.1) is 0 Å². The summed E-state index contributed by atoms with van der Waals surface area (Å²) in [4.78, 5) is 12.1. The Labute approximate surface area is 153 Å². The maximum atomic E-state index is 12.1. The van der Waals surface area contributed by atoms with E-state index in [0.717, 1.165) is 15.6 Å². The van der Waals surface area contributed by atoms with Crippen molar-refractivity contribution >= 4 is 34.1 Å². The lowest BCUT2D eigenvalue weighted by Gasteiger charge is -1.96. The van der Waals surface area contributed by atoms with E-state index in [1.54, 1.807) is 6.07 Å². The van der Waals surface area contributed by atoms with Crippen LogP contribution in [-0.2, 0) is 0 Å². The van der Waals surface area contributed by atoms with E-state index in [-0.39, 0.29) is 5.91 Å². The molecule has 0 unspecified atom stereocenters. The Kier molecular flexibility index (Phi) is 5.53. The van der Waals surface area contributed by atoms with E-state index in [9.17, 15) is 4.79 Å². The smallest absolute Gasteiger partial charge is 0.272 e. The summed E-state index contributed by atoms with van der Waals surface area (Å²) in [6, 6.07) is 21.1. The number of aromatic nitrogens is 2. The van der Waals surface area contributed by atoms with Crippen molar-refractivity contribution in [3.63, 3.8) is 0 Å². The molecule has 0 atom stereocenters. The molecule has 25 heavy (non-hydrogen) atoms. The highest BCUT2D eigenvalue weighted by molar-refractivity contribution is 9.12. The van der Waals surface area contributed by atoms with Crippen LogP contribution >= 0.6 is 15.9 Å². The van der Waals surface area contributed by atoms with Gasteiger partial charge >= 0.3 is 0 Å². The Morgan fingerprint density at radius 2 is 1.76 bits per heavy atom. The third-order valence-corrected chi connectivity index (χ3v) is 3.78. The van der Waals surface area contributed by atoms with Crippen molar-refractivity contribution in [1.29, 1.82) is 0 Å². The van der Waals surface area contributed by atoms with Crippen molar-refractivity contribution in [3.05, 3.63) is 82.5 Å². The lowest BCUT2D eigenvalue weighted by atomic mass is 10.1. The number of hydrogen-bond acceptors (Lipinski definition) is 3. The van der Waals surface area contributed by atoms with Crippen molar-refractivity contribution in [1.82, 2.24) is 15.6 Å². The number of carbonyl (C=O) groups excluding carboxylic acids is 1. The molecular formula is C19H15BrN4O. The third kappa shape index (κ3) is 4.74. The lowest BCUT2D eigenvalue weighted by Crippen LogP contribution is -2.17. The molecule has 0 saturated heterocycles. The van der Waals surface area contributed by atoms with E-state index in [1.807, 2.05) is 66.7 Å². The van der Waals surface area contributed by atoms with Crippen LogP contribution in [0.3, 0.4) is 0 Å². The van der Waals surface area contributed by atoms with E-state index < -0.39 is 0 Å². The summed E-state index contributed by atoms with van der Waals surface area (Å²) in [5.74, 6) is -0.356. The number of hydrogen-bond donors (Lipinski definition) is 2. The minimum atomic E-state index is -0.356. The number of carbonyl (C=O) groups is 1. The van der Waals surface area contributed by atoms with Gasteiger partial charge in [-0.1, -0.05) is 60.7 Å². The van der Waals surface area contributed by atoms with Crippen molar-refractivity contribution < 1.29 is 4.79 Å². The maximum Gasteiger partial charge on any atom is 0.289 e. The van der Waals surface area contributed by atoms with Gasteiger partial charge in [-0.05, 0) is 33.6 Å². The zero-order valence-electron chi connectivity index (χ0n) is 13.2. The standard InChI is InChI=1S/C19H15BrN4O/c20-16(11-14-7-3-1-4-8-14)13-21-24-19(25)18-12-17(22-23-18)15-9-5-2-6-10-15/h1-13H,(H,22,23)(H,24,25)/b16-11-,21-13+. The Balaban J connectivity index is 1.61. The van der Waals surface area contributed by atoms with Crippen LogP contribution < -0.4 is 5.43 Å². The van der Waals surface area contributed by atoms with Gasteiger partial charge in [0.15, 0.2) is 0 Å². The van der Waals surface area contributed by atoms with Crippen LogP contribution in [0.5, 0.6) is 0 Å². The molecule has 0 spiro atoms. The normalized spacial score (nSPS) is 11.6. The average Bonchev–Trinajstić information content (AvgIpc) is 3.13. The van der Waals surface area contributed by atoms with Gasteiger partial charge in [-0.15, -0.1) is 0 Å². The molecular weight excluding hydrogens is 380 g/mol. The van der Waals surface area contributed by atoms with Crippen molar-refractivity contribution in [2.24, 2.45) is 5.10 Å². The third-order valence-electron chi connectivity index (χ3n) is 3.35. The molecule has 2 aromatic carbocycles. The zero-order chi connectivity index (χ0) is 17.5. The summed E-state index contributed by atoms with van der Waals surface area (Å²) in [5, 5.41) is 10.8. The Morgan fingerprint density at radius 3 is 2.48 bits per heavy atom. The summed E-state index contributed by atoms with van der Waals surface area (Å²) in [6.07, 6.45) is 3.43. The second-order valence-corrected chi connectivity index (χ2v) is 6.09. The van der Waals surface area contributed by atoms with Crippen LogP contribution in [0.1, 0.15) is 16.1 Å². The Bertz CT molecular complexity index is 901. The molecule has 3 aromatic rings. The highest BCUT2D eigenvalue weighted by atomic mass is 79.9. The van der Waals surface area contributed by atoms with Gasteiger partial charge in [0, 0.05) is 10.0 Å². The van der Waals surface area contributed by atoms with Gasteiger partial charge in [-0.25, -0.2) is 5.43 Å². The van der Waals surface area contributed by atoms with Crippen LogP contribution in [0.25, 0.3) is 17.3 Å². The van der Waals surface area contributed by atoms with Gasteiger partial charge in [0.2, 0.25) is 0 Å². The number of rotatable bonds is 5. The quantitative estimate of drug-likeness (QED) is 0.502. The van der Waals surface area contributed by atoms with Gasteiger partial charge in [0.1, 0.15) is 5.69 Å². The summed E-state index contributed by atoms with van der Waals surface area (Å²) >= 11 is 3.40. The van der Waals surface area contributed by atoms with E-state index in [1.165, 1.54) is 6.21 Å². The first-order chi connectivity index (χ1) is 12.2. The Morgan fingerprint density at radius 1 is 1.08 bits per heavy atom. The van der Waals surface area contributed by atoms with E-state index in [4.69, 9.17) is 0 Å². The van der Waals surface area contributed by atoms with Crippen molar-refractivity contribution in [2.75, 3.05) is 0 Å². The monoisotopic (exact) mass is 394 g/mol. The summed E-state index contributed by atoms with van der Waals surface area (Å²) in [6.45, 7) is 0. The predicted octanol–water partition coefficient (Wildman–Crippen LogP) is 4.23. The maximum absolute atomic E-state index is 12.1. The first-order valence-electron chi connectivity index (χ1n) is 7.59. The van der Waals surface area contributed by atoms with Gasteiger partial charge in [-0.3, -0.25) is 9.89 Å². The van der Waals surface area contributed by atoms with Gasteiger partial charge < -0.3 is 0 Å². The largest absolute Gasteiger partial charge is 0.289 e. The molecule has 1 aromatic heterocycles. The SMILES string of the molecule is O=C(N/N=C/C(Br)=C/c1ccccc1)c1cc(-c2ccccc2)n[nH]1. The highest BCUT2D eigenvalue weighted by Crippen LogP contribution is 2.16. The summed E-state index contributed by atoms with van der Waals surface area (Å²) in [7, 11) is 0. The van der Waals surface area contributed by atoms with E-state index in [2.05, 4.69) is 36.7 Å². The molecule has 3 rings (SSSR count). The molecule has 0 bridgehead atoms. The molecule has 0 aliphatic rings. The van der Waals surface area contributed by atoms with Crippen LogP contribution in [0.4, 0.5) is 0 Å². The number of nitrogens with zero attached hydrogens (tertiary/aromatic N) is 2. The molecule has 5 nitrogen and oxygen atoms in total. The molecule has 2 N–H and O–H groups in total. The highest BCUT2D eigenvalue weighted by Gasteiger charge is 2.09. The van der Waals surface area contributed by atoms with Crippen LogP contribution in [0.15, 0.2) is 76.3 Å². The molecule has 0 aliphatic heterocycles. The van der Waals surface area contributed by atoms with E-state index in [0.29, 0.717) is 11.4 Å². The topological polar surface area (TPSA) is 70.1 Å². The van der Waals surface area contributed by atoms with E-state index >= 15 is 0 Å². The number of aromatic amines is 1. The number of benzene rings is 2. The molecule has 0 aliphatic carbocycles. The second kappa shape index (κ2) is 8.21. The van der Waals surface area contributed by atoms with Gasteiger partial charge in [-0.2, -0.15) is 10.2 Å². The molecule has 1 heterocycles. The fourth-order valence-corrected chi connectivity index (χ4v) is 2.52.